The Kier molecular flexibility index (Phi) is 7.52. The fraction of sp³-hybridized carbons (Fsp3) is 0.810. The van der Waals surface area contributed by atoms with E-state index in [4.69, 9.17) is 0 Å². The maximum Gasteiger partial charge on any atom is 0.143 e. The number of rotatable bonds is 5. The van der Waals surface area contributed by atoms with Gasteiger partial charge in [-0.15, -0.1) is 0 Å². The SMILES string of the molecule is C=C1CC(C2CCCCCCCCC2)C(=O)C1CCCC(C)=O. The highest BCUT2D eigenvalue weighted by atomic mass is 16.1. The van der Waals surface area contributed by atoms with Crippen LogP contribution in [0.1, 0.15) is 90.4 Å². The molecule has 0 heterocycles. The molecular formula is C21H34O2. The molecular weight excluding hydrogens is 284 g/mol. The second-order valence-corrected chi connectivity index (χ2v) is 7.83. The molecule has 0 amide bonds. The Morgan fingerprint density at radius 3 is 2.17 bits per heavy atom. The number of carbonyl (C=O) groups is 2. The van der Waals surface area contributed by atoms with Gasteiger partial charge in [0.05, 0.1) is 0 Å². The normalized spacial score (nSPS) is 28.0. The summed E-state index contributed by atoms with van der Waals surface area (Å²) in [6.07, 6.45) is 15.0. The molecule has 0 radical (unpaired) electrons. The van der Waals surface area contributed by atoms with Gasteiger partial charge in [0.25, 0.3) is 0 Å². The quantitative estimate of drug-likeness (QED) is 0.614. The molecule has 0 saturated heterocycles. The number of carbonyl (C=O) groups excluding carboxylic acids is 2. The van der Waals surface area contributed by atoms with Crippen LogP contribution in [0.3, 0.4) is 0 Å². The van der Waals surface area contributed by atoms with Gasteiger partial charge in [-0.05, 0) is 44.9 Å². The van der Waals surface area contributed by atoms with Crippen LogP contribution in [-0.2, 0) is 9.59 Å². The van der Waals surface area contributed by atoms with E-state index in [9.17, 15) is 9.59 Å². The molecule has 2 aliphatic rings. The van der Waals surface area contributed by atoms with Gasteiger partial charge in [0.2, 0.25) is 0 Å². The van der Waals surface area contributed by atoms with Crippen molar-refractivity contribution in [2.75, 3.05) is 0 Å². The lowest BCUT2D eigenvalue weighted by molar-refractivity contribution is -0.125. The van der Waals surface area contributed by atoms with Crippen LogP contribution >= 0.6 is 0 Å². The zero-order valence-corrected chi connectivity index (χ0v) is 14.9. The number of hydrogen-bond donors (Lipinski definition) is 0. The first-order chi connectivity index (χ1) is 11.1. The van der Waals surface area contributed by atoms with E-state index in [2.05, 4.69) is 6.58 Å². The van der Waals surface area contributed by atoms with Gasteiger partial charge >= 0.3 is 0 Å². The standard InChI is InChI=1S/C21H34O2/c1-16-15-20(21(23)19(16)14-10-11-17(2)22)18-12-8-6-4-3-5-7-9-13-18/h18-20H,1,3-15H2,2H3. The first kappa shape index (κ1) is 18.4. The Morgan fingerprint density at radius 1 is 1.04 bits per heavy atom. The van der Waals surface area contributed by atoms with Crippen LogP contribution in [0, 0.1) is 17.8 Å². The van der Waals surface area contributed by atoms with E-state index in [1.165, 1.54) is 57.8 Å². The molecule has 0 aromatic rings. The van der Waals surface area contributed by atoms with E-state index in [1.807, 2.05) is 0 Å². The number of allylic oxidation sites excluding steroid dienone is 1. The van der Waals surface area contributed by atoms with Crippen LogP contribution in [0.2, 0.25) is 0 Å². The van der Waals surface area contributed by atoms with Crippen molar-refractivity contribution in [1.82, 2.24) is 0 Å². The Bertz CT molecular complexity index is 414. The van der Waals surface area contributed by atoms with Crippen LogP contribution < -0.4 is 0 Å². The zero-order valence-electron chi connectivity index (χ0n) is 14.9. The van der Waals surface area contributed by atoms with Gasteiger partial charge in [0.15, 0.2) is 0 Å². The third-order valence-corrected chi connectivity index (χ3v) is 5.92. The molecule has 0 aliphatic heterocycles. The maximum atomic E-state index is 12.9. The Labute approximate surface area is 142 Å². The first-order valence-electron chi connectivity index (χ1n) is 9.80. The van der Waals surface area contributed by atoms with Crippen molar-refractivity contribution in [3.05, 3.63) is 12.2 Å². The minimum atomic E-state index is 0.0368. The Hall–Kier alpha value is -0.920. The first-order valence-corrected chi connectivity index (χ1v) is 9.80. The number of ketones is 2. The summed E-state index contributed by atoms with van der Waals surface area (Å²) >= 11 is 0. The summed E-state index contributed by atoms with van der Waals surface area (Å²) in [5, 5.41) is 0. The fourth-order valence-corrected chi connectivity index (χ4v) is 4.53. The summed E-state index contributed by atoms with van der Waals surface area (Å²) in [6.45, 7) is 5.83. The van der Waals surface area contributed by atoms with Gasteiger partial charge < -0.3 is 4.79 Å². The molecule has 130 valence electrons. The monoisotopic (exact) mass is 318 g/mol. The van der Waals surface area contributed by atoms with Crippen molar-refractivity contribution in [3.63, 3.8) is 0 Å². The van der Waals surface area contributed by atoms with E-state index in [-0.39, 0.29) is 17.6 Å². The van der Waals surface area contributed by atoms with E-state index < -0.39 is 0 Å². The number of Topliss-reactive ketones (excluding diaryl/α,β-unsaturated/α-hetero) is 2. The van der Waals surface area contributed by atoms with Crippen LogP contribution in [0.15, 0.2) is 12.2 Å². The molecule has 2 fully saturated rings. The van der Waals surface area contributed by atoms with Gasteiger partial charge in [0, 0.05) is 18.3 Å². The highest BCUT2D eigenvalue weighted by molar-refractivity contribution is 5.89. The molecule has 2 atom stereocenters. The Morgan fingerprint density at radius 2 is 1.61 bits per heavy atom. The summed E-state index contributed by atoms with van der Waals surface area (Å²) in [4.78, 5) is 24.0. The van der Waals surface area contributed by atoms with Crippen molar-refractivity contribution in [1.29, 1.82) is 0 Å². The van der Waals surface area contributed by atoms with Crippen molar-refractivity contribution < 1.29 is 9.59 Å². The van der Waals surface area contributed by atoms with Crippen LogP contribution in [-0.4, -0.2) is 11.6 Å². The molecule has 0 bridgehead atoms. The molecule has 2 nitrogen and oxygen atoms in total. The van der Waals surface area contributed by atoms with Crippen molar-refractivity contribution in [2.45, 2.75) is 90.4 Å². The average molecular weight is 319 g/mol. The summed E-state index contributed by atoms with van der Waals surface area (Å²) in [5.41, 5.74) is 1.14. The second kappa shape index (κ2) is 9.39. The predicted octanol–water partition coefficient (Wildman–Crippen LogP) is 5.65. The molecule has 2 aliphatic carbocycles. The van der Waals surface area contributed by atoms with Crippen LogP contribution in [0.4, 0.5) is 0 Å². The van der Waals surface area contributed by atoms with Gasteiger partial charge in [0.1, 0.15) is 11.6 Å². The molecule has 23 heavy (non-hydrogen) atoms. The second-order valence-electron chi connectivity index (χ2n) is 7.83. The third-order valence-electron chi connectivity index (χ3n) is 5.92. The lowest BCUT2D eigenvalue weighted by atomic mass is 9.80. The minimum absolute atomic E-state index is 0.0368. The largest absolute Gasteiger partial charge is 0.300 e. The minimum Gasteiger partial charge on any atom is -0.300 e. The van der Waals surface area contributed by atoms with E-state index in [0.717, 1.165) is 24.8 Å². The lowest BCUT2D eigenvalue weighted by Gasteiger charge is -2.23. The molecule has 0 spiro atoms. The summed E-state index contributed by atoms with van der Waals surface area (Å²) in [6, 6.07) is 0. The predicted molar refractivity (Wildman–Crippen MR) is 95.3 cm³/mol. The summed E-state index contributed by atoms with van der Waals surface area (Å²) in [5.74, 6) is 1.51. The molecule has 0 N–H and O–H groups in total. The van der Waals surface area contributed by atoms with Gasteiger partial charge in [-0.3, -0.25) is 4.79 Å². The lowest BCUT2D eigenvalue weighted by Crippen LogP contribution is -2.23. The third kappa shape index (κ3) is 5.58. The Balaban J connectivity index is 1.91. The smallest absolute Gasteiger partial charge is 0.143 e. The molecule has 0 aromatic carbocycles. The molecule has 2 rings (SSSR count). The average Bonchev–Trinajstić information content (AvgIpc) is 2.80. The fourth-order valence-electron chi connectivity index (χ4n) is 4.53. The van der Waals surface area contributed by atoms with Crippen molar-refractivity contribution in [2.24, 2.45) is 17.8 Å². The van der Waals surface area contributed by atoms with Crippen molar-refractivity contribution >= 4 is 11.6 Å². The maximum absolute atomic E-state index is 12.9. The summed E-state index contributed by atoms with van der Waals surface area (Å²) < 4.78 is 0. The van der Waals surface area contributed by atoms with Crippen LogP contribution in [0.5, 0.6) is 0 Å². The van der Waals surface area contributed by atoms with E-state index >= 15 is 0 Å². The highest BCUT2D eigenvalue weighted by Crippen LogP contribution is 2.42. The van der Waals surface area contributed by atoms with Gasteiger partial charge in [-0.2, -0.15) is 0 Å². The molecule has 2 saturated carbocycles. The zero-order chi connectivity index (χ0) is 16.7. The van der Waals surface area contributed by atoms with Crippen molar-refractivity contribution in [3.8, 4) is 0 Å². The number of hydrogen-bond acceptors (Lipinski definition) is 2. The molecule has 2 unspecified atom stereocenters. The van der Waals surface area contributed by atoms with Gasteiger partial charge in [-0.25, -0.2) is 0 Å². The van der Waals surface area contributed by atoms with Gasteiger partial charge in [-0.1, -0.05) is 57.1 Å². The molecule has 0 aromatic heterocycles. The van der Waals surface area contributed by atoms with Crippen LogP contribution in [0.25, 0.3) is 0 Å². The van der Waals surface area contributed by atoms with E-state index in [1.54, 1.807) is 6.92 Å². The summed E-state index contributed by atoms with van der Waals surface area (Å²) in [7, 11) is 0. The highest BCUT2D eigenvalue weighted by Gasteiger charge is 2.40. The topological polar surface area (TPSA) is 34.1 Å². The van der Waals surface area contributed by atoms with E-state index in [0.29, 0.717) is 18.1 Å². The molecule has 2 heteroatoms.